The molecule has 2 aliphatic rings. The molecule has 0 aromatic carbocycles. The fraction of sp³-hybridized carbons (Fsp3) is 0.923. The molecule has 2 saturated heterocycles. The third-order valence-corrected chi connectivity index (χ3v) is 4.04. The van der Waals surface area contributed by atoms with Gasteiger partial charge in [-0.3, -0.25) is 4.79 Å². The van der Waals surface area contributed by atoms with Gasteiger partial charge in [0.2, 0.25) is 5.91 Å². The Morgan fingerprint density at radius 3 is 2.62 bits per heavy atom. The van der Waals surface area contributed by atoms with Gasteiger partial charge in [-0.15, -0.1) is 0 Å². The van der Waals surface area contributed by atoms with E-state index in [4.69, 9.17) is 0 Å². The van der Waals surface area contributed by atoms with Crippen molar-refractivity contribution in [3.63, 3.8) is 0 Å². The van der Waals surface area contributed by atoms with Crippen LogP contribution in [0.4, 0.5) is 0 Å². The zero-order valence-corrected chi connectivity index (χ0v) is 10.9. The predicted octanol–water partition coefficient (Wildman–Crippen LogP) is 1.49. The fourth-order valence-electron chi connectivity index (χ4n) is 3.21. The van der Waals surface area contributed by atoms with E-state index in [1.807, 2.05) is 20.8 Å². The van der Waals surface area contributed by atoms with Crippen LogP contribution in [-0.4, -0.2) is 36.5 Å². The highest BCUT2D eigenvalue weighted by Crippen LogP contribution is 2.36. The molecule has 1 N–H and O–H groups in total. The summed E-state index contributed by atoms with van der Waals surface area (Å²) in [5, 5.41) is 3.45. The summed E-state index contributed by atoms with van der Waals surface area (Å²) in [7, 11) is 0. The number of hydrogen-bond acceptors (Lipinski definition) is 2. The molecule has 3 atom stereocenters. The van der Waals surface area contributed by atoms with Gasteiger partial charge in [0.1, 0.15) is 0 Å². The van der Waals surface area contributed by atoms with Gasteiger partial charge in [-0.25, -0.2) is 0 Å². The smallest absolute Gasteiger partial charge is 0.228 e. The third kappa shape index (κ3) is 1.86. The van der Waals surface area contributed by atoms with E-state index in [0.29, 0.717) is 23.8 Å². The van der Waals surface area contributed by atoms with Crippen LogP contribution in [0, 0.1) is 17.3 Å². The third-order valence-electron chi connectivity index (χ3n) is 4.04. The average Bonchev–Trinajstić information content (AvgIpc) is 2.73. The number of carbonyl (C=O) groups excluding carboxylic acids is 1. The molecule has 3 unspecified atom stereocenters. The topological polar surface area (TPSA) is 32.3 Å². The first-order chi connectivity index (χ1) is 7.45. The lowest BCUT2D eigenvalue weighted by molar-refractivity contribution is -0.140. The van der Waals surface area contributed by atoms with Gasteiger partial charge in [-0.1, -0.05) is 27.7 Å². The van der Waals surface area contributed by atoms with Gasteiger partial charge in [-0.05, 0) is 18.3 Å². The van der Waals surface area contributed by atoms with Gasteiger partial charge in [-0.2, -0.15) is 0 Å². The molecule has 0 aliphatic carbocycles. The first-order valence-electron chi connectivity index (χ1n) is 6.47. The maximum atomic E-state index is 12.4. The Hall–Kier alpha value is -0.570. The summed E-state index contributed by atoms with van der Waals surface area (Å²) in [5.74, 6) is 1.71. The van der Waals surface area contributed by atoms with Crippen LogP contribution in [0.2, 0.25) is 0 Å². The van der Waals surface area contributed by atoms with Gasteiger partial charge >= 0.3 is 0 Å². The molecule has 1 amide bonds. The molecule has 2 heterocycles. The van der Waals surface area contributed by atoms with Gasteiger partial charge in [0, 0.05) is 31.1 Å². The Balaban J connectivity index is 2.14. The second-order valence-electron chi connectivity index (χ2n) is 6.27. The van der Waals surface area contributed by atoms with Gasteiger partial charge in [0.25, 0.3) is 0 Å². The van der Waals surface area contributed by atoms with E-state index in [0.717, 1.165) is 26.1 Å². The maximum Gasteiger partial charge on any atom is 0.228 e. The molecule has 0 aromatic heterocycles. The first kappa shape index (κ1) is 11.9. The largest absolute Gasteiger partial charge is 0.339 e. The number of nitrogens with zero attached hydrogens (tertiary/aromatic N) is 1. The van der Waals surface area contributed by atoms with Crippen LogP contribution in [0.15, 0.2) is 0 Å². The Bertz CT molecular complexity index is 282. The summed E-state index contributed by atoms with van der Waals surface area (Å²) in [6.07, 6.45) is 1.09. The second kappa shape index (κ2) is 4.02. The quantitative estimate of drug-likeness (QED) is 0.732. The van der Waals surface area contributed by atoms with Crippen molar-refractivity contribution < 1.29 is 4.79 Å². The monoisotopic (exact) mass is 224 g/mol. The first-order valence-corrected chi connectivity index (χ1v) is 6.47. The summed E-state index contributed by atoms with van der Waals surface area (Å²) in [5.41, 5.74) is -0.237. The van der Waals surface area contributed by atoms with Crippen LogP contribution in [0.25, 0.3) is 0 Å². The maximum absolute atomic E-state index is 12.4. The Labute approximate surface area is 98.6 Å². The van der Waals surface area contributed by atoms with E-state index in [1.165, 1.54) is 0 Å². The Morgan fingerprint density at radius 1 is 1.38 bits per heavy atom. The fourth-order valence-corrected chi connectivity index (χ4v) is 3.21. The van der Waals surface area contributed by atoms with Crippen LogP contribution in [0.5, 0.6) is 0 Å². The minimum Gasteiger partial charge on any atom is -0.339 e. The van der Waals surface area contributed by atoms with E-state index < -0.39 is 0 Å². The number of rotatable bonds is 1. The molecule has 0 spiro atoms. The summed E-state index contributed by atoms with van der Waals surface area (Å²) in [6, 6.07) is 0.465. The van der Waals surface area contributed by atoms with Crippen molar-refractivity contribution in [2.45, 2.75) is 40.2 Å². The lowest BCUT2D eigenvalue weighted by Crippen LogP contribution is -2.44. The molecule has 3 heteroatoms. The number of fused-ring (bicyclic) bond motifs is 1. The average molecular weight is 224 g/mol. The normalized spacial score (nSPS) is 34.2. The highest BCUT2D eigenvalue weighted by Gasteiger charge is 2.46. The highest BCUT2D eigenvalue weighted by molar-refractivity contribution is 5.82. The lowest BCUT2D eigenvalue weighted by Gasteiger charge is -2.32. The number of hydrogen-bond donors (Lipinski definition) is 1. The van der Waals surface area contributed by atoms with Crippen LogP contribution in [-0.2, 0) is 4.79 Å². The zero-order valence-electron chi connectivity index (χ0n) is 10.9. The minimum absolute atomic E-state index is 0.237. The predicted molar refractivity (Wildman–Crippen MR) is 65.1 cm³/mol. The molecule has 2 rings (SSSR count). The number of likely N-dealkylation sites (tertiary alicyclic amines) is 1. The van der Waals surface area contributed by atoms with Gasteiger partial charge < -0.3 is 10.2 Å². The van der Waals surface area contributed by atoms with Crippen molar-refractivity contribution in [1.29, 1.82) is 0 Å². The summed E-state index contributed by atoms with van der Waals surface area (Å²) >= 11 is 0. The van der Waals surface area contributed by atoms with Gasteiger partial charge in [0.15, 0.2) is 0 Å². The Kier molecular flexibility index (Phi) is 2.99. The molecule has 0 saturated carbocycles. The molecule has 16 heavy (non-hydrogen) atoms. The molecule has 2 fully saturated rings. The molecule has 0 radical (unpaired) electrons. The molecule has 92 valence electrons. The molecule has 2 aliphatic heterocycles. The van der Waals surface area contributed by atoms with Gasteiger partial charge in [0.05, 0.1) is 0 Å². The van der Waals surface area contributed by atoms with Crippen LogP contribution < -0.4 is 5.32 Å². The number of carbonyl (C=O) groups is 1. The van der Waals surface area contributed by atoms with E-state index in [-0.39, 0.29) is 5.41 Å². The molecule has 0 bridgehead atoms. The van der Waals surface area contributed by atoms with Crippen molar-refractivity contribution in [2.75, 3.05) is 19.6 Å². The van der Waals surface area contributed by atoms with Crippen molar-refractivity contribution in [3.8, 4) is 0 Å². The zero-order chi connectivity index (χ0) is 11.9. The standard InChI is InChI=1S/C13H24N2O/c1-5-11-10-7-14-6-9(10)8-15(11)12(16)13(2,3)4/h9-11,14H,5-8H2,1-4H3. The van der Waals surface area contributed by atoms with Crippen molar-refractivity contribution >= 4 is 5.91 Å². The van der Waals surface area contributed by atoms with Crippen molar-refractivity contribution in [2.24, 2.45) is 17.3 Å². The number of nitrogens with one attached hydrogen (secondary N) is 1. The molecular weight excluding hydrogens is 200 g/mol. The van der Waals surface area contributed by atoms with E-state index in [2.05, 4.69) is 17.1 Å². The van der Waals surface area contributed by atoms with E-state index in [1.54, 1.807) is 0 Å². The van der Waals surface area contributed by atoms with Crippen molar-refractivity contribution in [1.82, 2.24) is 10.2 Å². The van der Waals surface area contributed by atoms with Crippen LogP contribution in [0.3, 0.4) is 0 Å². The summed E-state index contributed by atoms with van der Waals surface area (Å²) in [6.45, 7) is 11.4. The molecule has 3 nitrogen and oxygen atoms in total. The second-order valence-corrected chi connectivity index (χ2v) is 6.27. The van der Waals surface area contributed by atoms with E-state index >= 15 is 0 Å². The van der Waals surface area contributed by atoms with E-state index in [9.17, 15) is 4.79 Å². The lowest BCUT2D eigenvalue weighted by atomic mass is 9.91. The highest BCUT2D eigenvalue weighted by atomic mass is 16.2. The van der Waals surface area contributed by atoms with Crippen LogP contribution in [0.1, 0.15) is 34.1 Å². The minimum atomic E-state index is -0.237. The molecular formula is C13H24N2O. The summed E-state index contributed by atoms with van der Waals surface area (Å²) < 4.78 is 0. The van der Waals surface area contributed by atoms with Crippen molar-refractivity contribution in [3.05, 3.63) is 0 Å². The molecule has 0 aromatic rings. The van der Waals surface area contributed by atoms with Crippen LogP contribution >= 0.6 is 0 Å². The SMILES string of the molecule is CCC1C2CNCC2CN1C(=O)C(C)(C)C. The summed E-state index contributed by atoms with van der Waals surface area (Å²) in [4.78, 5) is 14.5. The Morgan fingerprint density at radius 2 is 2.06 bits per heavy atom. The number of amides is 1.